The highest BCUT2D eigenvalue weighted by Crippen LogP contribution is 2.33. The van der Waals surface area contributed by atoms with Crippen molar-refractivity contribution in [3.8, 4) is 11.1 Å². The number of carbonyl (C=O) groups excluding carboxylic acids is 4. The van der Waals surface area contributed by atoms with Gasteiger partial charge in [-0.2, -0.15) is 0 Å². The molecule has 0 bridgehead atoms. The summed E-state index contributed by atoms with van der Waals surface area (Å²) in [5, 5.41) is 9.24. The number of aromatic nitrogens is 4. The Labute approximate surface area is 329 Å². The van der Waals surface area contributed by atoms with E-state index < -0.39 is 12.1 Å². The average Bonchev–Trinajstić information content (AvgIpc) is 3.87. The molecular weight excluding hydrogens is 721 g/mol. The lowest BCUT2D eigenvalue weighted by atomic mass is 9.98. The monoisotopic (exact) mass is 766 g/mol. The van der Waals surface area contributed by atoms with Crippen molar-refractivity contribution in [3.63, 3.8) is 0 Å². The van der Waals surface area contributed by atoms with E-state index in [9.17, 15) is 19.2 Å². The molecule has 0 aliphatic carbocycles. The molecule has 13 heteroatoms. The van der Waals surface area contributed by atoms with Crippen molar-refractivity contribution in [1.29, 1.82) is 0 Å². The molecule has 292 valence electrons. The van der Waals surface area contributed by atoms with E-state index in [1.165, 1.54) is 7.11 Å². The highest BCUT2D eigenvalue weighted by atomic mass is 16.5. The van der Waals surface area contributed by atoms with Gasteiger partial charge in [-0.3, -0.25) is 14.4 Å². The molecule has 4 amide bonds. The molecule has 5 aromatic carbocycles. The Morgan fingerprint density at radius 3 is 1.95 bits per heavy atom. The van der Waals surface area contributed by atoms with Crippen LogP contribution in [0.4, 0.5) is 4.79 Å². The molecule has 0 spiro atoms. The van der Waals surface area contributed by atoms with Crippen LogP contribution in [0.2, 0.25) is 0 Å². The standard InChI is InChI=1S/C44H46N8O5/c1-5-20-51(43(55)40(46-26-53)28-10-8-7-9-11-28)24-37-47-35-18-14-31-21-29(12-16-33(31)41(35)49-37)30-13-17-34-32(22-30)15-19-36-42(34)50-38(48-36)25-52(27(3)6-2)39(54)23-45-44(56)57-4/h7-19,21-22,26-27,40H,5-6,20,23-25H2,1-4H3,(H,45,56)(H,46,53)(H,47,49)(H,48,50)/t27-,40+/m0/s1. The highest BCUT2D eigenvalue weighted by molar-refractivity contribution is 6.07. The van der Waals surface area contributed by atoms with Gasteiger partial charge in [0.05, 0.1) is 42.3 Å². The summed E-state index contributed by atoms with van der Waals surface area (Å²) in [7, 11) is 1.26. The number of nitrogens with zero attached hydrogens (tertiary/aromatic N) is 4. The summed E-state index contributed by atoms with van der Waals surface area (Å²) in [4.78, 5) is 70.0. The number of amides is 4. The molecule has 2 atom stereocenters. The van der Waals surface area contributed by atoms with Crippen molar-refractivity contribution >= 4 is 67.9 Å². The zero-order valence-electron chi connectivity index (χ0n) is 32.5. The third-order valence-electron chi connectivity index (χ3n) is 10.5. The number of nitrogens with one attached hydrogen (secondary N) is 4. The zero-order chi connectivity index (χ0) is 40.1. The Balaban J connectivity index is 1.12. The largest absolute Gasteiger partial charge is 0.453 e. The maximum atomic E-state index is 13.7. The Hall–Kier alpha value is -6.76. The van der Waals surface area contributed by atoms with Gasteiger partial charge >= 0.3 is 6.09 Å². The fourth-order valence-corrected chi connectivity index (χ4v) is 7.33. The van der Waals surface area contributed by atoms with E-state index in [-0.39, 0.29) is 37.5 Å². The fourth-order valence-electron chi connectivity index (χ4n) is 7.33. The average molecular weight is 767 g/mol. The predicted octanol–water partition coefficient (Wildman–Crippen LogP) is 7.12. The minimum absolute atomic E-state index is 0.0598. The fraction of sp³-hybridized carbons (Fsp3) is 0.273. The summed E-state index contributed by atoms with van der Waals surface area (Å²) < 4.78 is 4.62. The number of hydrogen-bond acceptors (Lipinski definition) is 7. The van der Waals surface area contributed by atoms with Crippen LogP contribution in [0.5, 0.6) is 0 Å². The van der Waals surface area contributed by atoms with Crippen molar-refractivity contribution in [1.82, 2.24) is 40.4 Å². The molecule has 4 N–H and O–H groups in total. The first-order valence-electron chi connectivity index (χ1n) is 19.2. The van der Waals surface area contributed by atoms with Crippen molar-refractivity contribution in [2.75, 3.05) is 20.2 Å². The van der Waals surface area contributed by atoms with Crippen molar-refractivity contribution in [3.05, 3.63) is 108 Å². The lowest BCUT2D eigenvalue weighted by Crippen LogP contribution is -2.44. The van der Waals surface area contributed by atoms with Gasteiger partial charge in [0.25, 0.3) is 0 Å². The summed E-state index contributed by atoms with van der Waals surface area (Å²) in [6, 6.07) is 29.2. The van der Waals surface area contributed by atoms with Gasteiger partial charge in [-0.05, 0) is 71.5 Å². The van der Waals surface area contributed by atoms with E-state index in [0.29, 0.717) is 24.6 Å². The molecule has 57 heavy (non-hydrogen) atoms. The van der Waals surface area contributed by atoms with Crippen molar-refractivity contribution < 1.29 is 23.9 Å². The third-order valence-corrected chi connectivity index (χ3v) is 10.5. The number of ether oxygens (including phenoxy) is 1. The van der Waals surface area contributed by atoms with Gasteiger partial charge < -0.3 is 35.1 Å². The second-order valence-electron chi connectivity index (χ2n) is 14.2. The lowest BCUT2D eigenvalue weighted by Gasteiger charge is -2.27. The molecule has 0 unspecified atom stereocenters. The van der Waals surface area contributed by atoms with E-state index >= 15 is 0 Å². The number of fused-ring (bicyclic) bond motifs is 6. The number of aromatic amines is 2. The van der Waals surface area contributed by atoms with Gasteiger partial charge in [-0.1, -0.05) is 80.6 Å². The number of benzene rings is 5. The molecule has 0 radical (unpaired) electrons. The number of imidazole rings is 2. The minimum Gasteiger partial charge on any atom is -0.453 e. The zero-order valence-corrected chi connectivity index (χ0v) is 32.5. The van der Waals surface area contributed by atoms with Crippen molar-refractivity contribution in [2.24, 2.45) is 0 Å². The summed E-state index contributed by atoms with van der Waals surface area (Å²) in [6.45, 7) is 6.90. The quantitative estimate of drug-likeness (QED) is 0.0807. The summed E-state index contributed by atoms with van der Waals surface area (Å²) in [5.41, 5.74) is 6.23. The summed E-state index contributed by atoms with van der Waals surface area (Å²) in [6.07, 6.45) is 1.41. The van der Waals surface area contributed by atoms with Crippen LogP contribution >= 0.6 is 0 Å². The van der Waals surface area contributed by atoms with E-state index in [0.717, 1.165) is 73.1 Å². The predicted molar refractivity (Wildman–Crippen MR) is 221 cm³/mol. The topological polar surface area (TPSA) is 165 Å². The Bertz CT molecular complexity index is 2580. The number of methoxy groups -OCH3 is 1. The Morgan fingerprint density at radius 2 is 1.40 bits per heavy atom. The van der Waals surface area contributed by atoms with Crippen LogP contribution in [-0.2, 0) is 32.2 Å². The lowest BCUT2D eigenvalue weighted by molar-refractivity contribution is -0.135. The molecule has 0 aliphatic heterocycles. The molecule has 13 nitrogen and oxygen atoms in total. The minimum atomic E-state index is -0.788. The van der Waals surface area contributed by atoms with Crippen molar-refractivity contribution in [2.45, 2.75) is 58.8 Å². The molecule has 7 aromatic rings. The molecule has 2 aromatic heterocycles. The maximum absolute atomic E-state index is 13.7. The van der Waals surface area contributed by atoms with E-state index in [2.05, 4.69) is 73.9 Å². The van der Waals surface area contributed by atoms with Crippen LogP contribution in [0.1, 0.15) is 56.9 Å². The third kappa shape index (κ3) is 8.13. The van der Waals surface area contributed by atoms with Gasteiger partial charge in [0.2, 0.25) is 18.2 Å². The summed E-state index contributed by atoms with van der Waals surface area (Å²) in [5.74, 6) is 0.909. The van der Waals surface area contributed by atoms with E-state index in [1.807, 2.05) is 63.2 Å². The van der Waals surface area contributed by atoms with E-state index in [1.54, 1.807) is 9.80 Å². The first-order valence-corrected chi connectivity index (χ1v) is 19.2. The first-order chi connectivity index (χ1) is 27.7. The number of H-pyrrole nitrogens is 2. The molecule has 0 saturated heterocycles. The van der Waals surface area contributed by atoms with E-state index in [4.69, 9.17) is 9.97 Å². The SMILES string of the molecule is CCCN(Cc1nc2c(ccc3cc(-c4ccc5c(ccc6[nH]c(CN(C(=O)CNC(=O)OC)[C@@H](C)CC)nc65)c4)ccc32)[nH]1)C(=O)[C@H](NC=O)c1ccccc1. The number of hydrogen-bond donors (Lipinski definition) is 4. The van der Waals surface area contributed by atoms with Gasteiger partial charge in [0.15, 0.2) is 0 Å². The second-order valence-corrected chi connectivity index (χ2v) is 14.2. The molecule has 2 heterocycles. The smallest absolute Gasteiger partial charge is 0.407 e. The van der Waals surface area contributed by atoms with Gasteiger partial charge in [0, 0.05) is 23.4 Å². The second kappa shape index (κ2) is 16.9. The summed E-state index contributed by atoms with van der Waals surface area (Å²) >= 11 is 0. The van der Waals surface area contributed by atoms with Gasteiger partial charge in [-0.15, -0.1) is 0 Å². The molecule has 7 rings (SSSR count). The number of alkyl carbamates (subject to hydrolysis) is 1. The highest BCUT2D eigenvalue weighted by Gasteiger charge is 2.26. The molecule has 0 saturated carbocycles. The van der Waals surface area contributed by atoms with Crippen LogP contribution < -0.4 is 10.6 Å². The Morgan fingerprint density at radius 1 is 0.807 bits per heavy atom. The number of carbonyl (C=O) groups is 4. The van der Waals surface area contributed by atoms with Crippen LogP contribution in [0.25, 0.3) is 54.7 Å². The Kier molecular flexibility index (Phi) is 11.4. The van der Waals surface area contributed by atoms with Crippen LogP contribution in [0, 0.1) is 0 Å². The maximum Gasteiger partial charge on any atom is 0.407 e. The van der Waals surface area contributed by atoms with Gasteiger partial charge in [-0.25, -0.2) is 14.8 Å². The number of rotatable bonds is 15. The normalized spacial score (nSPS) is 12.4. The van der Waals surface area contributed by atoms with Crippen LogP contribution in [0.15, 0.2) is 91.0 Å². The first kappa shape index (κ1) is 38.5. The molecular formula is C44H46N8O5. The van der Waals surface area contributed by atoms with Gasteiger partial charge in [0.1, 0.15) is 24.2 Å². The molecule has 0 aliphatic rings. The van der Waals surface area contributed by atoms with Crippen LogP contribution in [0.3, 0.4) is 0 Å². The molecule has 0 fully saturated rings. The van der Waals surface area contributed by atoms with Crippen LogP contribution in [-0.4, -0.2) is 80.3 Å².